The monoisotopic (exact) mass is 214 g/mol. The van der Waals surface area contributed by atoms with E-state index in [-0.39, 0.29) is 12.2 Å². The smallest absolute Gasteiger partial charge is 0.343 e. The zero-order valence-corrected chi connectivity index (χ0v) is 8.17. The van der Waals surface area contributed by atoms with Gasteiger partial charge < -0.3 is 19.7 Å². The number of rotatable bonds is 5. The summed E-state index contributed by atoms with van der Waals surface area (Å²) < 4.78 is 8.76. The van der Waals surface area contributed by atoms with Crippen LogP contribution in [0.3, 0.4) is 0 Å². The van der Waals surface area contributed by atoms with Crippen LogP contribution in [-0.4, -0.2) is 49.2 Å². The third-order valence-electron chi connectivity index (χ3n) is 1.27. The zero-order valence-electron chi connectivity index (χ0n) is 8.17. The quantitative estimate of drug-likeness (QED) is 0.202. The zero-order chi connectivity index (χ0) is 11.8. The first-order valence-corrected chi connectivity index (χ1v) is 4.06. The summed E-state index contributed by atoms with van der Waals surface area (Å²) in [5.41, 5.74) is 0.0129. The molecule has 0 spiro atoms. The molecule has 0 aliphatic heterocycles. The number of esters is 1. The highest BCUT2D eigenvalue weighted by atomic mass is 16.6. The molecule has 2 radical (unpaired) electrons. The van der Waals surface area contributed by atoms with Crippen LogP contribution >= 0.6 is 0 Å². The van der Waals surface area contributed by atoms with Crippen molar-refractivity contribution in [2.75, 3.05) is 13.2 Å². The Balaban J connectivity index is 3.97. The van der Waals surface area contributed by atoms with Gasteiger partial charge in [-0.2, -0.15) is 0 Å². The van der Waals surface area contributed by atoms with E-state index in [0.717, 1.165) is 6.26 Å². The van der Waals surface area contributed by atoms with Crippen molar-refractivity contribution >= 4 is 19.7 Å². The molecule has 0 saturated heterocycles. The molecule has 0 aromatic rings. The van der Waals surface area contributed by atoms with Crippen LogP contribution < -0.4 is 0 Å². The van der Waals surface area contributed by atoms with Gasteiger partial charge in [-0.3, -0.25) is 4.79 Å². The molecule has 0 heterocycles. The molecule has 0 aromatic heterocycles. The number of carbonyl (C=O) groups excluding carboxylic acids is 2. The number of hydrogen-bond acceptors (Lipinski definition) is 6. The first-order valence-electron chi connectivity index (χ1n) is 4.06. The maximum atomic E-state index is 10.9. The summed E-state index contributed by atoms with van der Waals surface area (Å²) >= 11 is 0. The lowest BCUT2D eigenvalue weighted by atomic mass is 10.2. The van der Waals surface area contributed by atoms with Crippen molar-refractivity contribution in [3.05, 3.63) is 11.8 Å². The minimum absolute atomic E-state index is 0.0129. The molecule has 0 aliphatic carbocycles. The molecule has 0 saturated carbocycles. The molecule has 0 rings (SSSR count). The maximum Gasteiger partial charge on any atom is 0.343 e. The largest absolute Gasteiger partial charge is 0.498 e. The Labute approximate surface area is 87.9 Å². The van der Waals surface area contributed by atoms with E-state index in [1.54, 1.807) is 0 Å². The molecule has 82 valence electrons. The molecule has 7 heteroatoms. The molecule has 0 aromatic carbocycles. The van der Waals surface area contributed by atoms with Crippen LogP contribution in [0.15, 0.2) is 11.8 Å². The second-order valence-electron chi connectivity index (χ2n) is 2.68. The Morgan fingerprint density at radius 1 is 1.53 bits per heavy atom. The van der Waals surface area contributed by atoms with Gasteiger partial charge in [0.1, 0.15) is 12.7 Å². The molecule has 0 bridgehead atoms. The SMILES string of the molecule is [B]C(=O)OC(=O)C(C)=COCC(O)CO. The summed E-state index contributed by atoms with van der Waals surface area (Å²) in [5.74, 6) is -2.14. The van der Waals surface area contributed by atoms with Crippen LogP contribution in [0.5, 0.6) is 0 Å². The van der Waals surface area contributed by atoms with Crippen LogP contribution in [0.2, 0.25) is 0 Å². The molecular formula is C8H11BO6. The highest BCUT2D eigenvalue weighted by molar-refractivity contribution is 6.56. The van der Waals surface area contributed by atoms with E-state index in [1.807, 2.05) is 0 Å². The highest BCUT2D eigenvalue weighted by Crippen LogP contribution is 1.98. The lowest BCUT2D eigenvalue weighted by Crippen LogP contribution is -2.18. The van der Waals surface area contributed by atoms with E-state index in [9.17, 15) is 9.59 Å². The first kappa shape index (κ1) is 13.7. The van der Waals surface area contributed by atoms with E-state index in [4.69, 9.17) is 14.9 Å². The van der Waals surface area contributed by atoms with Gasteiger partial charge in [0.05, 0.1) is 18.4 Å². The summed E-state index contributed by atoms with van der Waals surface area (Å²) in [4.78, 5) is 21.1. The van der Waals surface area contributed by atoms with Gasteiger partial charge in [-0.25, -0.2) is 4.79 Å². The van der Waals surface area contributed by atoms with Crippen molar-refractivity contribution in [3.8, 4) is 0 Å². The summed E-state index contributed by atoms with van der Waals surface area (Å²) in [7, 11) is 4.61. The maximum absolute atomic E-state index is 10.9. The average molecular weight is 214 g/mol. The standard InChI is InChI=1S/C8H11BO6/c1-5(7(12)15-8(9)13)3-14-4-6(11)2-10/h3,6,10-11H,2,4H2,1H3. The molecular weight excluding hydrogens is 203 g/mol. The fraction of sp³-hybridized carbons (Fsp3) is 0.500. The lowest BCUT2D eigenvalue weighted by Gasteiger charge is -2.06. The molecule has 6 nitrogen and oxygen atoms in total. The van der Waals surface area contributed by atoms with Crippen LogP contribution in [-0.2, 0) is 14.3 Å². The molecule has 2 N–H and O–H groups in total. The number of ether oxygens (including phenoxy) is 2. The normalized spacial score (nSPS) is 13.1. The Morgan fingerprint density at radius 2 is 2.13 bits per heavy atom. The van der Waals surface area contributed by atoms with Gasteiger partial charge in [-0.15, -0.1) is 0 Å². The first-order chi connectivity index (χ1) is 6.97. The fourth-order valence-corrected chi connectivity index (χ4v) is 0.557. The fourth-order valence-electron chi connectivity index (χ4n) is 0.557. The Morgan fingerprint density at radius 3 is 2.60 bits per heavy atom. The van der Waals surface area contributed by atoms with Crippen molar-refractivity contribution < 1.29 is 29.3 Å². The third-order valence-corrected chi connectivity index (χ3v) is 1.27. The van der Waals surface area contributed by atoms with E-state index in [0.29, 0.717) is 0 Å². The number of aliphatic hydroxyl groups excluding tert-OH is 2. The van der Waals surface area contributed by atoms with Crippen molar-refractivity contribution in [2.24, 2.45) is 0 Å². The van der Waals surface area contributed by atoms with Crippen LogP contribution in [0, 0.1) is 0 Å². The number of aliphatic hydroxyl groups is 2. The van der Waals surface area contributed by atoms with Gasteiger partial charge in [-0.1, -0.05) is 0 Å². The molecule has 15 heavy (non-hydrogen) atoms. The van der Waals surface area contributed by atoms with Crippen molar-refractivity contribution in [2.45, 2.75) is 13.0 Å². The van der Waals surface area contributed by atoms with Crippen LogP contribution in [0.4, 0.5) is 4.79 Å². The van der Waals surface area contributed by atoms with E-state index < -0.39 is 24.5 Å². The molecule has 1 atom stereocenters. The minimum atomic E-state index is -1.21. The summed E-state index contributed by atoms with van der Waals surface area (Å²) in [6, 6.07) is 0. The average Bonchev–Trinajstić information content (AvgIpc) is 2.16. The summed E-state index contributed by atoms with van der Waals surface area (Å²) in [6.45, 7) is 0.729. The molecule has 0 fully saturated rings. The Hall–Kier alpha value is -1.34. The highest BCUT2D eigenvalue weighted by Gasteiger charge is 2.08. The lowest BCUT2D eigenvalue weighted by molar-refractivity contribution is -0.132. The van der Waals surface area contributed by atoms with Crippen LogP contribution in [0.1, 0.15) is 6.92 Å². The number of hydrogen-bond donors (Lipinski definition) is 2. The molecule has 0 amide bonds. The van der Waals surface area contributed by atoms with Crippen molar-refractivity contribution in [3.63, 3.8) is 0 Å². The Bertz CT molecular complexity index is 262. The van der Waals surface area contributed by atoms with Crippen molar-refractivity contribution in [1.82, 2.24) is 0 Å². The molecule has 0 aliphatic rings. The Kier molecular flexibility index (Phi) is 6.40. The van der Waals surface area contributed by atoms with Gasteiger partial charge >= 0.3 is 5.97 Å². The van der Waals surface area contributed by atoms with E-state index in [1.165, 1.54) is 6.92 Å². The second-order valence-corrected chi connectivity index (χ2v) is 2.68. The van der Waals surface area contributed by atoms with E-state index in [2.05, 4.69) is 12.6 Å². The van der Waals surface area contributed by atoms with Gasteiger partial charge in [0.2, 0.25) is 13.7 Å². The number of carbonyl (C=O) groups is 2. The van der Waals surface area contributed by atoms with E-state index >= 15 is 0 Å². The van der Waals surface area contributed by atoms with Crippen molar-refractivity contribution in [1.29, 1.82) is 0 Å². The predicted octanol–water partition coefficient (Wildman–Crippen LogP) is -0.908. The summed E-state index contributed by atoms with van der Waals surface area (Å²) in [5, 5.41) is 17.3. The summed E-state index contributed by atoms with van der Waals surface area (Å²) in [6.07, 6.45) is -0.0225. The second kappa shape index (κ2) is 7.02. The predicted molar refractivity (Wildman–Crippen MR) is 50.0 cm³/mol. The third kappa shape index (κ3) is 6.70. The topological polar surface area (TPSA) is 93.1 Å². The van der Waals surface area contributed by atoms with Crippen LogP contribution in [0.25, 0.3) is 0 Å². The van der Waals surface area contributed by atoms with Gasteiger partial charge in [0.15, 0.2) is 0 Å². The van der Waals surface area contributed by atoms with Gasteiger partial charge in [-0.05, 0) is 6.92 Å². The van der Waals surface area contributed by atoms with Gasteiger partial charge in [0.25, 0.3) is 0 Å². The van der Waals surface area contributed by atoms with Gasteiger partial charge in [0, 0.05) is 0 Å². The molecule has 1 unspecified atom stereocenters. The minimum Gasteiger partial charge on any atom is -0.498 e.